The monoisotopic (exact) mass is 288 g/mol. The molecule has 3 nitrogen and oxygen atoms in total. The molecule has 0 radical (unpaired) electrons. The molecule has 4 heteroatoms. The highest BCUT2D eigenvalue weighted by atomic mass is 35.5. The summed E-state index contributed by atoms with van der Waals surface area (Å²) < 4.78 is 5.70. The summed E-state index contributed by atoms with van der Waals surface area (Å²) in [4.78, 5) is 0. The van der Waals surface area contributed by atoms with Crippen molar-refractivity contribution in [1.29, 1.82) is 5.41 Å². The van der Waals surface area contributed by atoms with Gasteiger partial charge in [0.05, 0.1) is 13.2 Å². The van der Waals surface area contributed by atoms with Gasteiger partial charge in [0.25, 0.3) is 0 Å². The molecule has 0 unspecified atom stereocenters. The number of nitrogens with two attached hydrogens (primary N) is 1. The van der Waals surface area contributed by atoms with Crippen LogP contribution in [0.25, 0.3) is 0 Å². The Balaban J connectivity index is 1.94. The summed E-state index contributed by atoms with van der Waals surface area (Å²) in [5.74, 6) is 0.0849. The quantitative estimate of drug-likeness (QED) is 0.652. The number of rotatable bonds is 5. The molecule has 2 aromatic carbocycles. The van der Waals surface area contributed by atoms with Crippen LogP contribution in [0.2, 0.25) is 5.02 Å². The van der Waals surface area contributed by atoms with Gasteiger partial charge in [-0.05, 0) is 41.8 Å². The first-order valence-corrected chi connectivity index (χ1v) is 6.70. The van der Waals surface area contributed by atoms with E-state index >= 15 is 0 Å². The number of hydrogen-bond acceptors (Lipinski definition) is 2. The minimum absolute atomic E-state index is 0.0849. The zero-order chi connectivity index (χ0) is 14.5. The van der Waals surface area contributed by atoms with Crippen molar-refractivity contribution < 1.29 is 4.74 Å². The Hall–Kier alpha value is -1.84. The van der Waals surface area contributed by atoms with Crippen molar-refractivity contribution in [2.45, 2.75) is 20.1 Å². The molecular weight excluding hydrogens is 272 g/mol. The highest BCUT2D eigenvalue weighted by Crippen LogP contribution is 2.14. The van der Waals surface area contributed by atoms with Crippen LogP contribution >= 0.6 is 11.6 Å². The van der Waals surface area contributed by atoms with E-state index in [1.54, 1.807) is 0 Å². The first kappa shape index (κ1) is 14.6. The normalized spacial score (nSPS) is 10.5. The molecule has 3 N–H and O–H groups in total. The van der Waals surface area contributed by atoms with Crippen molar-refractivity contribution in [3.63, 3.8) is 0 Å². The average molecular weight is 289 g/mol. The fourth-order valence-corrected chi connectivity index (χ4v) is 2.01. The maximum absolute atomic E-state index is 7.41. The van der Waals surface area contributed by atoms with E-state index in [9.17, 15) is 0 Å². The van der Waals surface area contributed by atoms with Crippen molar-refractivity contribution in [2.75, 3.05) is 0 Å². The molecule has 104 valence electrons. The molecule has 0 aliphatic carbocycles. The fourth-order valence-electron chi connectivity index (χ4n) is 1.88. The molecule has 0 aliphatic heterocycles. The van der Waals surface area contributed by atoms with Crippen LogP contribution in [0.5, 0.6) is 0 Å². The molecule has 0 bridgehead atoms. The van der Waals surface area contributed by atoms with Crippen LogP contribution in [0.15, 0.2) is 42.5 Å². The number of nitrogens with one attached hydrogen (secondary N) is 1. The lowest BCUT2D eigenvalue weighted by atomic mass is 10.1. The van der Waals surface area contributed by atoms with Gasteiger partial charge in [0.15, 0.2) is 0 Å². The van der Waals surface area contributed by atoms with Crippen LogP contribution < -0.4 is 5.73 Å². The van der Waals surface area contributed by atoms with E-state index in [1.807, 2.05) is 49.4 Å². The number of ether oxygens (including phenoxy) is 1. The second-order valence-electron chi connectivity index (χ2n) is 4.67. The lowest BCUT2D eigenvalue weighted by Crippen LogP contribution is -2.11. The minimum atomic E-state index is 0.0849. The summed E-state index contributed by atoms with van der Waals surface area (Å²) in [6.07, 6.45) is 0. The first-order chi connectivity index (χ1) is 9.56. The topological polar surface area (TPSA) is 59.1 Å². The van der Waals surface area contributed by atoms with E-state index in [1.165, 1.54) is 0 Å². The van der Waals surface area contributed by atoms with Crippen LogP contribution in [-0.2, 0) is 18.0 Å². The van der Waals surface area contributed by atoms with E-state index in [4.69, 9.17) is 27.5 Å². The maximum atomic E-state index is 7.41. The maximum Gasteiger partial charge on any atom is 0.122 e. The fraction of sp³-hybridized carbons (Fsp3) is 0.188. The molecule has 0 spiro atoms. The SMILES string of the molecule is Cc1cc(C(=N)N)ccc1COCc1ccc(Cl)cc1. The van der Waals surface area contributed by atoms with E-state index in [0.29, 0.717) is 13.2 Å². The van der Waals surface area contributed by atoms with Crippen molar-refractivity contribution in [3.8, 4) is 0 Å². The minimum Gasteiger partial charge on any atom is -0.384 e. The van der Waals surface area contributed by atoms with Crippen molar-refractivity contribution in [2.24, 2.45) is 5.73 Å². The molecular formula is C16H17ClN2O. The summed E-state index contributed by atoms with van der Waals surface area (Å²) >= 11 is 5.83. The Labute approximate surface area is 123 Å². The van der Waals surface area contributed by atoms with Gasteiger partial charge < -0.3 is 10.5 Å². The third-order valence-electron chi connectivity index (χ3n) is 3.09. The predicted octanol–water partition coefficient (Wildman–Crippen LogP) is 3.65. The van der Waals surface area contributed by atoms with Gasteiger partial charge in [-0.3, -0.25) is 5.41 Å². The van der Waals surface area contributed by atoms with Crippen LogP contribution in [0.1, 0.15) is 22.3 Å². The van der Waals surface area contributed by atoms with Crippen molar-refractivity contribution in [1.82, 2.24) is 0 Å². The summed E-state index contributed by atoms with van der Waals surface area (Å²) in [5, 5.41) is 8.13. The molecule has 20 heavy (non-hydrogen) atoms. The molecule has 0 saturated heterocycles. The molecule has 0 aliphatic rings. The summed E-state index contributed by atoms with van der Waals surface area (Å²) in [7, 11) is 0. The number of aryl methyl sites for hydroxylation is 1. The smallest absolute Gasteiger partial charge is 0.122 e. The van der Waals surface area contributed by atoms with Crippen LogP contribution in [-0.4, -0.2) is 5.84 Å². The third-order valence-corrected chi connectivity index (χ3v) is 3.35. The molecule has 2 aromatic rings. The van der Waals surface area contributed by atoms with Gasteiger partial charge in [-0.15, -0.1) is 0 Å². The number of hydrogen-bond donors (Lipinski definition) is 2. The van der Waals surface area contributed by atoms with Gasteiger partial charge in [0, 0.05) is 10.6 Å². The average Bonchev–Trinajstić information content (AvgIpc) is 2.42. The van der Waals surface area contributed by atoms with Crippen LogP contribution in [0, 0.1) is 12.3 Å². The summed E-state index contributed by atoms with van der Waals surface area (Å²) in [5.41, 5.74) is 9.47. The Morgan fingerprint density at radius 3 is 2.45 bits per heavy atom. The Bertz CT molecular complexity index is 608. The van der Waals surface area contributed by atoms with Gasteiger partial charge in [0.2, 0.25) is 0 Å². The lowest BCUT2D eigenvalue weighted by molar-refractivity contribution is 0.107. The van der Waals surface area contributed by atoms with Crippen LogP contribution in [0.3, 0.4) is 0 Å². The van der Waals surface area contributed by atoms with Crippen molar-refractivity contribution >= 4 is 17.4 Å². The van der Waals surface area contributed by atoms with Gasteiger partial charge >= 0.3 is 0 Å². The van der Waals surface area contributed by atoms with Gasteiger partial charge in [-0.2, -0.15) is 0 Å². The number of halogens is 1. The van der Waals surface area contributed by atoms with Gasteiger partial charge in [0.1, 0.15) is 5.84 Å². The summed E-state index contributed by atoms with van der Waals surface area (Å²) in [6, 6.07) is 13.3. The highest BCUT2D eigenvalue weighted by molar-refractivity contribution is 6.30. The second-order valence-corrected chi connectivity index (χ2v) is 5.11. The Morgan fingerprint density at radius 1 is 1.15 bits per heavy atom. The van der Waals surface area contributed by atoms with Crippen molar-refractivity contribution in [3.05, 3.63) is 69.7 Å². The molecule has 0 amide bonds. The van der Waals surface area contributed by atoms with E-state index < -0.39 is 0 Å². The Morgan fingerprint density at radius 2 is 1.85 bits per heavy atom. The summed E-state index contributed by atoms with van der Waals surface area (Å²) in [6.45, 7) is 3.07. The van der Waals surface area contributed by atoms with E-state index in [-0.39, 0.29) is 5.84 Å². The number of benzene rings is 2. The molecule has 0 fully saturated rings. The van der Waals surface area contributed by atoms with Gasteiger partial charge in [-0.1, -0.05) is 35.9 Å². The predicted molar refractivity (Wildman–Crippen MR) is 82.1 cm³/mol. The van der Waals surface area contributed by atoms with Crippen LogP contribution in [0.4, 0.5) is 0 Å². The van der Waals surface area contributed by atoms with Gasteiger partial charge in [-0.25, -0.2) is 0 Å². The molecule has 0 aromatic heterocycles. The molecule has 2 rings (SSSR count). The molecule has 0 atom stereocenters. The second kappa shape index (κ2) is 6.55. The molecule has 0 saturated carbocycles. The van der Waals surface area contributed by atoms with E-state index in [2.05, 4.69) is 0 Å². The number of amidine groups is 1. The highest BCUT2D eigenvalue weighted by Gasteiger charge is 2.03. The number of nitrogen functional groups attached to an aromatic ring is 1. The molecule has 0 heterocycles. The third kappa shape index (κ3) is 3.83. The standard InChI is InChI=1S/C16H17ClN2O/c1-11-8-13(16(18)19)4-5-14(11)10-20-9-12-2-6-15(17)7-3-12/h2-8H,9-10H2,1H3,(H3,18,19). The zero-order valence-corrected chi connectivity index (χ0v) is 12.1. The lowest BCUT2D eigenvalue weighted by Gasteiger charge is -2.09. The first-order valence-electron chi connectivity index (χ1n) is 6.32. The largest absolute Gasteiger partial charge is 0.384 e. The Kier molecular flexibility index (Phi) is 4.77. The zero-order valence-electron chi connectivity index (χ0n) is 11.3. The van der Waals surface area contributed by atoms with E-state index in [0.717, 1.165) is 27.3 Å².